The fourth-order valence-corrected chi connectivity index (χ4v) is 4.40. The summed E-state index contributed by atoms with van der Waals surface area (Å²) in [6, 6.07) is -0.316. The quantitative estimate of drug-likeness (QED) is 0.571. The Morgan fingerprint density at radius 2 is 2.27 bits per heavy atom. The minimum absolute atomic E-state index is 0.0104. The Balaban J connectivity index is 2.65. The van der Waals surface area contributed by atoms with Crippen LogP contribution in [0.15, 0.2) is 0 Å². The first-order valence-electron chi connectivity index (χ1n) is 4.90. The lowest BCUT2D eigenvalue weighted by molar-refractivity contribution is 0.0000793. The average molecular weight is 263 g/mol. The fourth-order valence-electron chi connectivity index (χ4n) is 1.84. The fraction of sp³-hybridized carbons (Fsp3) is 1.00. The molecule has 1 saturated heterocycles. The Bertz CT molecular complexity index is 254. The molecular formula is C9H17BO2PS2+. The molecule has 0 saturated carbocycles. The third kappa shape index (κ3) is 3.16. The molecule has 1 fully saturated rings. The van der Waals surface area contributed by atoms with Gasteiger partial charge in [0.25, 0.3) is 0 Å². The second-order valence-electron chi connectivity index (χ2n) is 4.10. The molecule has 1 rings (SSSR count). The first kappa shape index (κ1) is 13.9. The zero-order chi connectivity index (χ0) is 11.6. The topological polar surface area (TPSA) is 18.5 Å². The van der Waals surface area contributed by atoms with E-state index in [1.807, 2.05) is 0 Å². The molecule has 6 heteroatoms. The predicted octanol–water partition coefficient (Wildman–Crippen LogP) is 2.14. The standard InChI is InChI=1S/C9H17BO2PS2/c1-6-7(11-3)8(10)12-9(6,2)5-15-13(4)14/h6-8H,5H2,1-4H3/q+1/t6-,7?,8-,9-/m1/s1. The van der Waals surface area contributed by atoms with Crippen molar-refractivity contribution >= 4 is 36.9 Å². The highest BCUT2D eigenvalue weighted by molar-refractivity contribution is 8.64. The molecule has 0 aliphatic carbocycles. The third-order valence-corrected chi connectivity index (χ3v) is 6.48. The van der Waals surface area contributed by atoms with Gasteiger partial charge in [0.05, 0.1) is 28.8 Å². The summed E-state index contributed by atoms with van der Waals surface area (Å²) in [6.07, 6.45) is -0.0104. The minimum atomic E-state index is -0.362. The van der Waals surface area contributed by atoms with Crippen molar-refractivity contribution in [2.24, 2.45) is 5.92 Å². The van der Waals surface area contributed by atoms with Crippen LogP contribution in [0.2, 0.25) is 0 Å². The maximum absolute atomic E-state index is 5.88. The number of rotatable bonds is 4. The van der Waals surface area contributed by atoms with E-state index in [0.717, 1.165) is 5.75 Å². The van der Waals surface area contributed by atoms with Crippen LogP contribution in [0.5, 0.6) is 0 Å². The summed E-state index contributed by atoms with van der Waals surface area (Å²) in [5, 5.41) is 0. The Morgan fingerprint density at radius 3 is 2.67 bits per heavy atom. The molecule has 0 amide bonds. The van der Waals surface area contributed by atoms with Crippen LogP contribution in [0.3, 0.4) is 0 Å². The van der Waals surface area contributed by atoms with Gasteiger partial charge < -0.3 is 9.47 Å². The first-order valence-corrected chi connectivity index (χ1v) is 9.30. The number of methoxy groups -OCH3 is 1. The number of ether oxygens (including phenoxy) is 2. The highest BCUT2D eigenvalue weighted by atomic mass is 32.9. The molecule has 5 atom stereocenters. The molecule has 15 heavy (non-hydrogen) atoms. The van der Waals surface area contributed by atoms with Gasteiger partial charge in [-0.25, -0.2) is 0 Å². The van der Waals surface area contributed by atoms with Crippen molar-refractivity contribution in [3.05, 3.63) is 0 Å². The van der Waals surface area contributed by atoms with Gasteiger partial charge in [0.15, 0.2) is 11.8 Å². The summed E-state index contributed by atoms with van der Waals surface area (Å²) >= 11 is 6.99. The summed E-state index contributed by atoms with van der Waals surface area (Å²) in [5.41, 5.74) is -0.208. The van der Waals surface area contributed by atoms with E-state index in [1.165, 1.54) is 0 Å². The smallest absolute Gasteiger partial charge is 0.242 e. The zero-order valence-corrected chi connectivity index (χ0v) is 12.1. The van der Waals surface area contributed by atoms with Crippen molar-refractivity contribution < 1.29 is 9.47 Å². The van der Waals surface area contributed by atoms with Gasteiger partial charge in [0.2, 0.25) is 5.90 Å². The molecule has 2 unspecified atom stereocenters. The lowest BCUT2D eigenvalue weighted by Gasteiger charge is -2.27. The van der Waals surface area contributed by atoms with Gasteiger partial charge in [-0.1, -0.05) is 6.92 Å². The van der Waals surface area contributed by atoms with Crippen LogP contribution < -0.4 is 0 Å². The van der Waals surface area contributed by atoms with Gasteiger partial charge in [-0.2, -0.15) is 0 Å². The highest BCUT2D eigenvalue weighted by Gasteiger charge is 2.48. The van der Waals surface area contributed by atoms with Gasteiger partial charge in [0.1, 0.15) is 14.5 Å². The van der Waals surface area contributed by atoms with Crippen LogP contribution in [-0.4, -0.2) is 45.1 Å². The Kier molecular flexibility index (Phi) is 5.07. The van der Waals surface area contributed by atoms with Crippen LogP contribution in [0, 0.1) is 5.92 Å². The van der Waals surface area contributed by atoms with E-state index < -0.39 is 0 Å². The van der Waals surface area contributed by atoms with Crippen molar-refractivity contribution in [2.45, 2.75) is 31.6 Å². The summed E-state index contributed by atoms with van der Waals surface area (Å²) in [6.45, 7) is 6.30. The summed E-state index contributed by atoms with van der Waals surface area (Å²) in [5.74, 6) is 0.835. The zero-order valence-electron chi connectivity index (χ0n) is 9.60. The van der Waals surface area contributed by atoms with Gasteiger partial charge in [-0.15, -0.1) is 0 Å². The summed E-state index contributed by atoms with van der Waals surface area (Å²) in [4.78, 5) is 0. The maximum atomic E-state index is 5.88. The summed E-state index contributed by atoms with van der Waals surface area (Å²) in [7, 11) is 7.57. The molecule has 0 aromatic carbocycles. The van der Waals surface area contributed by atoms with Crippen molar-refractivity contribution in [2.75, 3.05) is 19.5 Å². The molecule has 0 N–H and O–H groups in total. The predicted molar refractivity (Wildman–Crippen MR) is 71.7 cm³/mol. The second-order valence-corrected chi connectivity index (χ2v) is 10.3. The molecule has 0 bridgehead atoms. The van der Waals surface area contributed by atoms with Gasteiger partial charge in [-0.3, -0.25) is 0 Å². The third-order valence-electron chi connectivity index (χ3n) is 2.99. The van der Waals surface area contributed by atoms with E-state index in [0.29, 0.717) is 5.92 Å². The van der Waals surface area contributed by atoms with E-state index in [2.05, 4.69) is 20.5 Å². The largest absolute Gasteiger partial charge is 0.379 e. The molecule has 2 radical (unpaired) electrons. The van der Waals surface area contributed by atoms with Gasteiger partial charge >= 0.3 is 0 Å². The van der Waals surface area contributed by atoms with E-state index >= 15 is 0 Å². The molecule has 0 aromatic rings. The van der Waals surface area contributed by atoms with E-state index in [4.69, 9.17) is 29.1 Å². The van der Waals surface area contributed by atoms with Crippen LogP contribution in [0.4, 0.5) is 0 Å². The van der Waals surface area contributed by atoms with Crippen molar-refractivity contribution in [1.29, 1.82) is 0 Å². The van der Waals surface area contributed by atoms with Crippen molar-refractivity contribution in [3.8, 4) is 0 Å². The molecule has 1 heterocycles. The second kappa shape index (κ2) is 5.46. The summed E-state index contributed by atoms with van der Waals surface area (Å²) < 4.78 is 11.2. The van der Waals surface area contributed by atoms with Crippen molar-refractivity contribution in [1.82, 2.24) is 0 Å². The number of hydrogen-bond acceptors (Lipinski definition) is 4. The number of hydrogen-bond donors (Lipinski definition) is 0. The molecule has 2 nitrogen and oxygen atoms in total. The van der Waals surface area contributed by atoms with Gasteiger partial charge in [-0.05, 0) is 6.92 Å². The highest BCUT2D eigenvalue weighted by Crippen LogP contribution is 2.44. The Morgan fingerprint density at radius 1 is 1.67 bits per heavy atom. The van der Waals surface area contributed by atoms with E-state index in [-0.39, 0.29) is 23.6 Å². The minimum Gasteiger partial charge on any atom is -0.379 e. The lowest BCUT2D eigenvalue weighted by Crippen LogP contribution is -2.36. The SMILES string of the molecule is [B][C@@H]1O[C@](C)(CS[P+](C)=S)[C@H](C)C1OC. The molecule has 0 spiro atoms. The monoisotopic (exact) mass is 263 g/mol. The van der Waals surface area contributed by atoms with Crippen LogP contribution >= 0.6 is 17.3 Å². The molecule has 84 valence electrons. The average Bonchev–Trinajstić information content (AvgIpc) is 2.36. The normalized spacial score (nSPS) is 41.9. The van der Waals surface area contributed by atoms with E-state index in [9.17, 15) is 0 Å². The Labute approximate surface area is 103 Å². The Hall–Kier alpha value is 0.855. The van der Waals surface area contributed by atoms with Crippen molar-refractivity contribution in [3.63, 3.8) is 0 Å². The lowest BCUT2D eigenvalue weighted by atomic mass is 9.84. The van der Waals surface area contributed by atoms with Crippen LogP contribution in [-0.2, 0) is 21.3 Å². The maximum Gasteiger partial charge on any atom is 0.242 e. The van der Waals surface area contributed by atoms with Crippen LogP contribution in [0.1, 0.15) is 13.8 Å². The van der Waals surface area contributed by atoms with Crippen LogP contribution in [0.25, 0.3) is 0 Å². The van der Waals surface area contributed by atoms with Gasteiger partial charge in [0, 0.05) is 19.0 Å². The molecule has 0 aromatic heterocycles. The molecule has 1 aliphatic heterocycles. The first-order chi connectivity index (χ1) is 6.90. The van der Waals surface area contributed by atoms with E-state index in [1.54, 1.807) is 18.5 Å². The molecular weight excluding hydrogens is 246 g/mol. The molecule has 1 aliphatic rings.